The van der Waals surface area contributed by atoms with E-state index in [0.717, 1.165) is 26.0 Å². The van der Waals surface area contributed by atoms with Crippen LogP contribution in [0.15, 0.2) is 0 Å². The van der Waals surface area contributed by atoms with Crippen molar-refractivity contribution in [3.63, 3.8) is 0 Å². The molecular weight excluding hydrogens is 254 g/mol. The molecule has 2 bridgehead atoms. The lowest BCUT2D eigenvalue weighted by Crippen LogP contribution is -2.36. The fourth-order valence-corrected chi connectivity index (χ4v) is 4.55. The maximum atomic E-state index is 11.2. The average Bonchev–Trinajstić information content (AvgIpc) is 2.98. The van der Waals surface area contributed by atoms with Gasteiger partial charge in [0.15, 0.2) is 0 Å². The summed E-state index contributed by atoms with van der Waals surface area (Å²) < 4.78 is 6.09. The molecule has 0 aromatic heterocycles. The van der Waals surface area contributed by atoms with E-state index < -0.39 is 5.97 Å². The largest absolute Gasteiger partial charge is 0.481 e. The first kappa shape index (κ1) is 14.3. The van der Waals surface area contributed by atoms with Crippen LogP contribution in [0, 0.1) is 11.8 Å². The molecule has 4 nitrogen and oxygen atoms in total. The summed E-state index contributed by atoms with van der Waals surface area (Å²) in [7, 11) is 0. The second-order valence-electron chi connectivity index (χ2n) is 6.89. The fraction of sp³-hybridized carbons (Fsp3) is 0.938. The summed E-state index contributed by atoms with van der Waals surface area (Å²) in [5, 5.41) is 9.26. The van der Waals surface area contributed by atoms with Crippen LogP contribution in [0.5, 0.6) is 0 Å². The lowest BCUT2D eigenvalue weighted by atomic mass is 9.88. The molecule has 0 aromatic carbocycles. The molecule has 5 atom stereocenters. The molecule has 3 rings (SSSR count). The number of hydrogen-bond acceptors (Lipinski definition) is 3. The highest BCUT2D eigenvalue weighted by Crippen LogP contribution is 2.41. The molecule has 0 radical (unpaired) electrons. The van der Waals surface area contributed by atoms with Crippen molar-refractivity contribution >= 4 is 5.97 Å². The van der Waals surface area contributed by atoms with E-state index in [-0.39, 0.29) is 12.0 Å². The molecule has 1 N–H and O–H groups in total. The zero-order valence-corrected chi connectivity index (χ0v) is 12.5. The van der Waals surface area contributed by atoms with Crippen LogP contribution in [0.2, 0.25) is 0 Å². The van der Waals surface area contributed by atoms with Gasteiger partial charge in [-0.15, -0.1) is 0 Å². The molecule has 5 unspecified atom stereocenters. The van der Waals surface area contributed by atoms with E-state index in [2.05, 4.69) is 11.8 Å². The highest BCUT2D eigenvalue weighted by molar-refractivity contribution is 5.71. The van der Waals surface area contributed by atoms with Gasteiger partial charge < -0.3 is 9.84 Å². The van der Waals surface area contributed by atoms with Crippen molar-refractivity contribution in [2.75, 3.05) is 13.2 Å². The summed E-state index contributed by atoms with van der Waals surface area (Å²) in [5.41, 5.74) is 0. The van der Waals surface area contributed by atoms with E-state index in [1.165, 1.54) is 32.1 Å². The van der Waals surface area contributed by atoms with Crippen LogP contribution in [0.1, 0.15) is 51.9 Å². The zero-order valence-electron chi connectivity index (χ0n) is 12.5. The van der Waals surface area contributed by atoms with Crippen LogP contribution in [0.3, 0.4) is 0 Å². The standard InChI is InChI=1S/C16H27NO3/c1-11-4-2-3-5-15(11)20-9-8-17-12-6-7-14(17)13(10-12)16(18)19/h11-15H,2-10H2,1H3,(H,18,19). The Morgan fingerprint density at radius 1 is 1.25 bits per heavy atom. The summed E-state index contributed by atoms with van der Waals surface area (Å²) in [5.74, 6) is -0.0582. The van der Waals surface area contributed by atoms with Crippen LogP contribution in [-0.4, -0.2) is 47.3 Å². The molecule has 2 heterocycles. The SMILES string of the molecule is CC1CCCCC1OCCN1C2CCC1C(C(=O)O)C2. The first-order valence-electron chi connectivity index (χ1n) is 8.27. The smallest absolute Gasteiger partial charge is 0.308 e. The number of carboxylic acids is 1. The van der Waals surface area contributed by atoms with Crippen molar-refractivity contribution in [1.29, 1.82) is 0 Å². The maximum absolute atomic E-state index is 11.2. The molecule has 1 saturated carbocycles. The van der Waals surface area contributed by atoms with Crippen molar-refractivity contribution in [2.45, 2.75) is 70.1 Å². The number of fused-ring (bicyclic) bond motifs is 2. The Hall–Kier alpha value is -0.610. The van der Waals surface area contributed by atoms with Gasteiger partial charge in [0.25, 0.3) is 0 Å². The van der Waals surface area contributed by atoms with Gasteiger partial charge in [0, 0.05) is 18.6 Å². The number of carboxylic acid groups (broad SMARTS) is 1. The van der Waals surface area contributed by atoms with Gasteiger partial charge in [-0.05, 0) is 38.0 Å². The van der Waals surface area contributed by atoms with Crippen LogP contribution in [0.4, 0.5) is 0 Å². The van der Waals surface area contributed by atoms with E-state index >= 15 is 0 Å². The average molecular weight is 281 g/mol. The Bertz CT molecular complexity index is 360. The molecule has 0 spiro atoms. The summed E-state index contributed by atoms with van der Waals surface area (Å²) in [4.78, 5) is 13.7. The molecule has 4 heteroatoms. The molecule has 20 heavy (non-hydrogen) atoms. The van der Waals surface area contributed by atoms with Gasteiger partial charge in [-0.3, -0.25) is 9.69 Å². The van der Waals surface area contributed by atoms with Crippen molar-refractivity contribution in [1.82, 2.24) is 4.90 Å². The Kier molecular flexibility index (Phi) is 4.32. The Morgan fingerprint density at radius 2 is 2.05 bits per heavy atom. The lowest BCUT2D eigenvalue weighted by molar-refractivity contribution is -0.142. The molecule has 1 aliphatic carbocycles. The van der Waals surface area contributed by atoms with Gasteiger partial charge in [0.05, 0.1) is 18.6 Å². The fourth-order valence-electron chi connectivity index (χ4n) is 4.55. The summed E-state index contributed by atoms with van der Waals surface area (Å²) in [6, 6.07) is 0.762. The molecular formula is C16H27NO3. The molecule has 2 aliphatic heterocycles. The molecule has 3 aliphatic rings. The summed E-state index contributed by atoms with van der Waals surface area (Å²) >= 11 is 0. The Labute approximate surface area is 121 Å². The van der Waals surface area contributed by atoms with Crippen molar-refractivity contribution in [3.8, 4) is 0 Å². The Balaban J connectivity index is 1.46. The molecule has 0 aromatic rings. The van der Waals surface area contributed by atoms with Crippen LogP contribution >= 0.6 is 0 Å². The summed E-state index contributed by atoms with van der Waals surface area (Å²) in [6.07, 6.45) is 8.64. The lowest BCUT2D eigenvalue weighted by Gasteiger charge is -2.30. The zero-order chi connectivity index (χ0) is 14.1. The van der Waals surface area contributed by atoms with Crippen molar-refractivity contribution < 1.29 is 14.6 Å². The normalized spacial score (nSPS) is 41.1. The monoisotopic (exact) mass is 281 g/mol. The second-order valence-corrected chi connectivity index (χ2v) is 6.89. The Morgan fingerprint density at radius 3 is 2.75 bits per heavy atom. The van der Waals surface area contributed by atoms with Gasteiger partial charge in [-0.2, -0.15) is 0 Å². The van der Waals surface area contributed by atoms with Crippen LogP contribution in [-0.2, 0) is 9.53 Å². The maximum Gasteiger partial charge on any atom is 0.308 e. The highest BCUT2D eigenvalue weighted by Gasteiger charge is 2.48. The predicted molar refractivity (Wildman–Crippen MR) is 76.6 cm³/mol. The first-order chi connectivity index (χ1) is 9.66. The van der Waals surface area contributed by atoms with E-state index in [1.54, 1.807) is 0 Å². The van der Waals surface area contributed by atoms with Gasteiger partial charge in [-0.1, -0.05) is 19.8 Å². The molecule has 3 fully saturated rings. The number of hydrogen-bond donors (Lipinski definition) is 1. The molecule has 0 amide bonds. The highest BCUT2D eigenvalue weighted by atomic mass is 16.5. The number of rotatable bonds is 5. The quantitative estimate of drug-likeness (QED) is 0.841. The summed E-state index contributed by atoms with van der Waals surface area (Å²) in [6.45, 7) is 3.99. The molecule has 2 saturated heterocycles. The molecule has 114 valence electrons. The minimum atomic E-state index is -0.607. The van der Waals surface area contributed by atoms with E-state index in [1.807, 2.05) is 0 Å². The van der Waals surface area contributed by atoms with E-state index in [9.17, 15) is 9.90 Å². The minimum Gasteiger partial charge on any atom is -0.481 e. The third-order valence-electron chi connectivity index (χ3n) is 5.71. The minimum absolute atomic E-state index is 0.137. The van der Waals surface area contributed by atoms with Gasteiger partial charge in [-0.25, -0.2) is 0 Å². The van der Waals surface area contributed by atoms with Gasteiger partial charge >= 0.3 is 5.97 Å². The van der Waals surface area contributed by atoms with Crippen LogP contribution < -0.4 is 0 Å². The van der Waals surface area contributed by atoms with Crippen molar-refractivity contribution in [3.05, 3.63) is 0 Å². The van der Waals surface area contributed by atoms with Crippen LogP contribution in [0.25, 0.3) is 0 Å². The van der Waals surface area contributed by atoms with Gasteiger partial charge in [0.2, 0.25) is 0 Å². The van der Waals surface area contributed by atoms with E-state index in [0.29, 0.717) is 18.1 Å². The third-order valence-corrected chi connectivity index (χ3v) is 5.71. The van der Waals surface area contributed by atoms with Crippen molar-refractivity contribution in [2.24, 2.45) is 11.8 Å². The number of ether oxygens (including phenoxy) is 1. The van der Waals surface area contributed by atoms with Gasteiger partial charge in [0.1, 0.15) is 0 Å². The predicted octanol–water partition coefficient (Wildman–Crippen LogP) is 2.52. The topological polar surface area (TPSA) is 49.8 Å². The van der Waals surface area contributed by atoms with E-state index in [4.69, 9.17) is 4.74 Å². The first-order valence-corrected chi connectivity index (χ1v) is 8.27. The second kappa shape index (κ2) is 6.02. The number of nitrogens with zero attached hydrogens (tertiary/aromatic N) is 1. The third kappa shape index (κ3) is 2.73. The number of carbonyl (C=O) groups is 1. The number of aliphatic carboxylic acids is 1.